The Morgan fingerprint density at radius 2 is 1.68 bits per heavy atom. The minimum Gasteiger partial charge on any atom is -0.346 e. The van der Waals surface area contributed by atoms with E-state index in [-0.39, 0.29) is 0 Å². The van der Waals surface area contributed by atoms with Crippen LogP contribution < -0.4 is 0 Å². The predicted molar refractivity (Wildman–Crippen MR) is 78.0 cm³/mol. The molecule has 3 aromatic rings. The molecule has 1 heterocycles. The van der Waals surface area contributed by atoms with Crippen LogP contribution in [0.25, 0.3) is 11.1 Å². The number of hydrogen-bond acceptors (Lipinski definition) is 1. The zero-order valence-electron chi connectivity index (χ0n) is 10.9. The van der Waals surface area contributed by atoms with E-state index in [0.29, 0.717) is 0 Å². The van der Waals surface area contributed by atoms with E-state index in [1.165, 1.54) is 16.7 Å². The van der Waals surface area contributed by atoms with E-state index in [4.69, 9.17) is 0 Å². The van der Waals surface area contributed by atoms with Crippen LogP contribution in [0.15, 0.2) is 60.8 Å². The highest BCUT2D eigenvalue weighted by molar-refractivity contribution is 5.67. The number of aromatic amines is 1. The summed E-state index contributed by atoms with van der Waals surface area (Å²) < 4.78 is 0. The Morgan fingerprint density at radius 1 is 0.947 bits per heavy atom. The van der Waals surface area contributed by atoms with Crippen molar-refractivity contribution in [2.75, 3.05) is 0 Å². The molecule has 2 aromatic carbocycles. The summed E-state index contributed by atoms with van der Waals surface area (Å²) in [6, 6.07) is 19.0. The SMILES string of the molecule is Cc1ncc(Cc2ccccc2-c2ccccc2)[nH]1. The van der Waals surface area contributed by atoms with E-state index >= 15 is 0 Å². The topological polar surface area (TPSA) is 28.7 Å². The quantitative estimate of drug-likeness (QED) is 0.746. The van der Waals surface area contributed by atoms with Gasteiger partial charge in [0.15, 0.2) is 0 Å². The molecule has 0 amide bonds. The Kier molecular flexibility index (Phi) is 3.15. The van der Waals surface area contributed by atoms with Crippen LogP contribution in [-0.4, -0.2) is 9.97 Å². The highest BCUT2D eigenvalue weighted by Gasteiger charge is 2.06. The van der Waals surface area contributed by atoms with Crippen molar-refractivity contribution in [3.05, 3.63) is 77.9 Å². The van der Waals surface area contributed by atoms with Gasteiger partial charge in [0.2, 0.25) is 0 Å². The maximum absolute atomic E-state index is 4.26. The van der Waals surface area contributed by atoms with Crippen LogP contribution in [0, 0.1) is 6.92 Å². The number of rotatable bonds is 3. The summed E-state index contributed by atoms with van der Waals surface area (Å²) in [6.07, 6.45) is 2.79. The Balaban J connectivity index is 1.98. The molecule has 19 heavy (non-hydrogen) atoms. The molecule has 0 unspecified atom stereocenters. The Hall–Kier alpha value is -2.35. The van der Waals surface area contributed by atoms with Gasteiger partial charge in [-0.2, -0.15) is 0 Å². The molecule has 0 bridgehead atoms. The van der Waals surface area contributed by atoms with Gasteiger partial charge >= 0.3 is 0 Å². The van der Waals surface area contributed by atoms with E-state index in [0.717, 1.165) is 17.9 Å². The van der Waals surface area contributed by atoms with Gasteiger partial charge in [0, 0.05) is 18.3 Å². The molecule has 2 heteroatoms. The van der Waals surface area contributed by atoms with Crippen molar-refractivity contribution in [2.24, 2.45) is 0 Å². The molecule has 0 aliphatic heterocycles. The van der Waals surface area contributed by atoms with Gasteiger partial charge in [0.05, 0.1) is 0 Å². The second-order valence-corrected chi connectivity index (χ2v) is 4.69. The van der Waals surface area contributed by atoms with Crippen LogP contribution in [0.5, 0.6) is 0 Å². The first-order valence-corrected chi connectivity index (χ1v) is 6.47. The van der Waals surface area contributed by atoms with Crippen LogP contribution in [0.1, 0.15) is 17.1 Å². The highest BCUT2D eigenvalue weighted by Crippen LogP contribution is 2.24. The van der Waals surface area contributed by atoms with Gasteiger partial charge in [-0.3, -0.25) is 0 Å². The Labute approximate surface area is 113 Å². The third-order valence-electron chi connectivity index (χ3n) is 3.24. The van der Waals surface area contributed by atoms with Crippen molar-refractivity contribution in [3.63, 3.8) is 0 Å². The number of hydrogen-bond donors (Lipinski definition) is 1. The first kappa shape index (κ1) is 11.7. The summed E-state index contributed by atoms with van der Waals surface area (Å²) in [7, 11) is 0. The Bertz CT molecular complexity index is 668. The van der Waals surface area contributed by atoms with Gasteiger partial charge in [0.25, 0.3) is 0 Å². The number of benzene rings is 2. The standard InChI is InChI=1S/C17H16N2/c1-13-18-12-16(19-13)11-15-9-5-6-10-17(15)14-7-3-2-4-8-14/h2-10,12H,11H2,1H3,(H,18,19). The molecule has 0 fully saturated rings. The molecule has 0 atom stereocenters. The largest absolute Gasteiger partial charge is 0.346 e. The van der Waals surface area contributed by atoms with Crippen molar-refractivity contribution in [2.45, 2.75) is 13.3 Å². The minimum absolute atomic E-state index is 0.881. The molecule has 0 saturated heterocycles. The lowest BCUT2D eigenvalue weighted by Gasteiger charge is -2.08. The van der Waals surface area contributed by atoms with Crippen molar-refractivity contribution in [1.29, 1.82) is 0 Å². The molecule has 0 spiro atoms. The molecule has 0 aliphatic carbocycles. The third kappa shape index (κ3) is 2.58. The summed E-state index contributed by atoms with van der Waals surface area (Å²) in [5.74, 6) is 0.965. The van der Waals surface area contributed by atoms with Gasteiger partial charge in [-0.1, -0.05) is 54.6 Å². The maximum atomic E-state index is 4.26. The average Bonchev–Trinajstić information content (AvgIpc) is 2.86. The van der Waals surface area contributed by atoms with Crippen LogP contribution in [0.4, 0.5) is 0 Å². The van der Waals surface area contributed by atoms with E-state index < -0.39 is 0 Å². The number of nitrogens with zero attached hydrogens (tertiary/aromatic N) is 1. The highest BCUT2D eigenvalue weighted by atomic mass is 14.9. The Morgan fingerprint density at radius 3 is 2.42 bits per heavy atom. The van der Waals surface area contributed by atoms with Crippen molar-refractivity contribution < 1.29 is 0 Å². The van der Waals surface area contributed by atoms with Crippen molar-refractivity contribution >= 4 is 0 Å². The van der Waals surface area contributed by atoms with Crippen LogP contribution in [0.3, 0.4) is 0 Å². The smallest absolute Gasteiger partial charge is 0.103 e. The predicted octanol–water partition coefficient (Wildman–Crippen LogP) is 3.98. The number of nitrogens with one attached hydrogen (secondary N) is 1. The second-order valence-electron chi connectivity index (χ2n) is 4.69. The average molecular weight is 248 g/mol. The summed E-state index contributed by atoms with van der Waals surface area (Å²) in [6.45, 7) is 1.98. The lowest BCUT2D eigenvalue weighted by Crippen LogP contribution is -1.92. The molecule has 3 rings (SSSR count). The molecule has 2 nitrogen and oxygen atoms in total. The molecule has 94 valence electrons. The molecule has 0 saturated carbocycles. The first-order chi connectivity index (χ1) is 9.33. The molecular formula is C17H16N2. The number of H-pyrrole nitrogens is 1. The molecule has 1 aromatic heterocycles. The summed E-state index contributed by atoms with van der Waals surface area (Å²) >= 11 is 0. The minimum atomic E-state index is 0.881. The third-order valence-corrected chi connectivity index (χ3v) is 3.24. The molecule has 0 aliphatic rings. The number of aromatic nitrogens is 2. The molecular weight excluding hydrogens is 232 g/mol. The first-order valence-electron chi connectivity index (χ1n) is 6.47. The van der Waals surface area contributed by atoms with Crippen LogP contribution in [-0.2, 0) is 6.42 Å². The van der Waals surface area contributed by atoms with Crippen molar-refractivity contribution in [3.8, 4) is 11.1 Å². The lowest BCUT2D eigenvalue weighted by molar-refractivity contribution is 1.07. The lowest BCUT2D eigenvalue weighted by atomic mass is 9.97. The fourth-order valence-electron chi connectivity index (χ4n) is 2.34. The van der Waals surface area contributed by atoms with Crippen molar-refractivity contribution in [1.82, 2.24) is 9.97 Å². The van der Waals surface area contributed by atoms with E-state index in [2.05, 4.69) is 58.5 Å². The summed E-state index contributed by atoms with van der Waals surface area (Å²) in [5, 5.41) is 0. The fourth-order valence-corrected chi connectivity index (χ4v) is 2.34. The van der Waals surface area contributed by atoms with Crippen LogP contribution >= 0.6 is 0 Å². The summed E-state index contributed by atoms with van der Waals surface area (Å²) in [4.78, 5) is 7.55. The molecule has 0 radical (unpaired) electrons. The van der Waals surface area contributed by atoms with Gasteiger partial charge in [0.1, 0.15) is 5.82 Å². The number of aryl methyl sites for hydroxylation is 1. The summed E-state index contributed by atoms with van der Waals surface area (Å²) in [5.41, 5.74) is 5.02. The van der Waals surface area contributed by atoms with E-state index in [1.54, 1.807) is 0 Å². The monoisotopic (exact) mass is 248 g/mol. The zero-order valence-corrected chi connectivity index (χ0v) is 10.9. The van der Waals surface area contributed by atoms with Gasteiger partial charge in [-0.25, -0.2) is 4.98 Å². The van der Waals surface area contributed by atoms with Gasteiger partial charge < -0.3 is 4.98 Å². The normalized spacial score (nSPS) is 10.6. The zero-order chi connectivity index (χ0) is 13.1. The van der Waals surface area contributed by atoms with E-state index in [1.807, 2.05) is 19.2 Å². The maximum Gasteiger partial charge on any atom is 0.103 e. The molecule has 1 N–H and O–H groups in total. The van der Waals surface area contributed by atoms with E-state index in [9.17, 15) is 0 Å². The van der Waals surface area contributed by atoms with Gasteiger partial charge in [-0.15, -0.1) is 0 Å². The van der Waals surface area contributed by atoms with Crippen LogP contribution in [0.2, 0.25) is 0 Å². The second kappa shape index (κ2) is 5.11. The number of imidazole rings is 1. The fraction of sp³-hybridized carbons (Fsp3) is 0.118. The van der Waals surface area contributed by atoms with Gasteiger partial charge in [-0.05, 0) is 23.6 Å².